The largest absolute Gasteiger partial charge is 0.327 e. The summed E-state index contributed by atoms with van der Waals surface area (Å²) in [4.78, 5) is 0. The van der Waals surface area contributed by atoms with E-state index >= 15 is 0 Å². The lowest BCUT2D eigenvalue weighted by Crippen LogP contribution is -2.26. The van der Waals surface area contributed by atoms with Crippen molar-refractivity contribution < 1.29 is 0 Å². The van der Waals surface area contributed by atoms with E-state index in [0.29, 0.717) is 0 Å². The molecule has 1 aromatic heterocycles. The Morgan fingerprint density at radius 2 is 1.94 bits per heavy atom. The molecule has 2 aromatic rings. The first-order valence-electron chi connectivity index (χ1n) is 5.94. The number of aromatic nitrogens is 2. The normalized spacial score (nSPS) is 12.6. The average molecular weight is 229 g/mol. The maximum atomic E-state index is 6.17. The van der Waals surface area contributed by atoms with Gasteiger partial charge in [-0.2, -0.15) is 5.10 Å². The Hall–Kier alpha value is -1.61. The van der Waals surface area contributed by atoms with Crippen LogP contribution in [-0.2, 0) is 19.9 Å². The summed E-state index contributed by atoms with van der Waals surface area (Å²) >= 11 is 0. The zero-order valence-corrected chi connectivity index (χ0v) is 10.4. The molecule has 0 amide bonds. The van der Waals surface area contributed by atoms with Gasteiger partial charge in [-0.1, -0.05) is 30.3 Å². The van der Waals surface area contributed by atoms with Crippen molar-refractivity contribution in [1.82, 2.24) is 9.78 Å². The van der Waals surface area contributed by atoms with Crippen LogP contribution in [0.1, 0.15) is 17.0 Å². The van der Waals surface area contributed by atoms with Crippen LogP contribution in [0.2, 0.25) is 0 Å². The molecule has 2 rings (SSSR count). The Morgan fingerprint density at radius 3 is 2.53 bits per heavy atom. The van der Waals surface area contributed by atoms with Crippen LogP contribution in [-0.4, -0.2) is 15.8 Å². The van der Waals surface area contributed by atoms with Gasteiger partial charge in [0.2, 0.25) is 0 Å². The van der Waals surface area contributed by atoms with Crippen molar-refractivity contribution in [2.45, 2.75) is 25.8 Å². The molecular weight excluding hydrogens is 210 g/mol. The van der Waals surface area contributed by atoms with Crippen molar-refractivity contribution in [2.75, 3.05) is 0 Å². The number of benzene rings is 1. The summed E-state index contributed by atoms with van der Waals surface area (Å²) in [6.45, 7) is 2.01. The predicted molar refractivity (Wildman–Crippen MR) is 69.8 cm³/mol. The SMILES string of the molecule is Cc1cc(CC(N)Cc2ccccc2)n(C)n1. The van der Waals surface area contributed by atoms with Crippen molar-refractivity contribution >= 4 is 0 Å². The van der Waals surface area contributed by atoms with Crippen molar-refractivity contribution in [2.24, 2.45) is 12.8 Å². The van der Waals surface area contributed by atoms with Crippen LogP contribution in [0.3, 0.4) is 0 Å². The van der Waals surface area contributed by atoms with Gasteiger partial charge in [0.15, 0.2) is 0 Å². The highest BCUT2D eigenvalue weighted by molar-refractivity contribution is 5.17. The van der Waals surface area contributed by atoms with Gasteiger partial charge < -0.3 is 5.73 Å². The van der Waals surface area contributed by atoms with Crippen molar-refractivity contribution in [1.29, 1.82) is 0 Å². The van der Waals surface area contributed by atoms with E-state index in [9.17, 15) is 0 Å². The molecule has 3 nitrogen and oxygen atoms in total. The molecule has 90 valence electrons. The van der Waals surface area contributed by atoms with Crippen LogP contribution in [0.15, 0.2) is 36.4 Å². The van der Waals surface area contributed by atoms with E-state index in [4.69, 9.17) is 5.73 Å². The van der Waals surface area contributed by atoms with E-state index in [1.54, 1.807) is 0 Å². The van der Waals surface area contributed by atoms with E-state index in [1.807, 2.05) is 24.7 Å². The molecule has 1 heterocycles. The summed E-state index contributed by atoms with van der Waals surface area (Å²) in [7, 11) is 1.97. The van der Waals surface area contributed by atoms with E-state index in [2.05, 4.69) is 35.4 Å². The van der Waals surface area contributed by atoms with Gasteiger partial charge in [0.1, 0.15) is 0 Å². The van der Waals surface area contributed by atoms with Gasteiger partial charge in [-0.25, -0.2) is 0 Å². The van der Waals surface area contributed by atoms with Crippen LogP contribution in [0.25, 0.3) is 0 Å². The second kappa shape index (κ2) is 5.15. The van der Waals surface area contributed by atoms with Crippen LogP contribution >= 0.6 is 0 Å². The maximum absolute atomic E-state index is 6.17. The molecule has 0 bridgehead atoms. The van der Waals surface area contributed by atoms with Gasteiger partial charge in [-0.05, 0) is 25.0 Å². The molecule has 17 heavy (non-hydrogen) atoms. The minimum atomic E-state index is 0.146. The van der Waals surface area contributed by atoms with Crippen LogP contribution < -0.4 is 5.73 Å². The minimum absolute atomic E-state index is 0.146. The fraction of sp³-hybridized carbons (Fsp3) is 0.357. The topological polar surface area (TPSA) is 43.8 Å². The zero-order valence-electron chi connectivity index (χ0n) is 10.4. The number of nitrogens with two attached hydrogens (primary N) is 1. The summed E-state index contributed by atoms with van der Waals surface area (Å²) in [6.07, 6.45) is 1.78. The summed E-state index contributed by atoms with van der Waals surface area (Å²) in [5.41, 5.74) is 9.72. The van der Waals surface area contributed by atoms with Crippen molar-refractivity contribution in [3.63, 3.8) is 0 Å². The first-order chi connectivity index (χ1) is 8.15. The molecule has 0 aliphatic carbocycles. The summed E-state index contributed by atoms with van der Waals surface area (Å²) in [5.74, 6) is 0. The molecule has 0 fully saturated rings. The number of rotatable bonds is 4. The Labute approximate surface area is 102 Å². The predicted octanol–water partition coefficient (Wildman–Crippen LogP) is 1.84. The third-order valence-electron chi connectivity index (χ3n) is 2.91. The molecule has 0 saturated heterocycles. The molecule has 0 saturated carbocycles. The first kappa shape index (κ1) is 11.9. The molecule has 1 unspecified atom stereocenters. The number of hydrogen-bond donors (Lipinski definition) is 1. The summed E-state index contributed by atoms with van der Waals surface area (Å²) in [6, 6.07) is 12.6. The highest BCUT2D eigenvalue weighted by Crippen LogP contribution is 2.08. The van der Waals surface area contributed by atoms with Gasteiger partial charge >= 0.3 is 0 Å². The second-order valence-corrected chi connectivity index (χ2v) is 4.55. The van der Waals surface area contributed by atoms with Gasteiger partial charge in [0.05, 0.1) is 5.69 Å². The maximum Gasteiger partial charge on any atom is 0.0596 e. The Morgan fingerprint density at radius 1 is 1.24 bits per heavy atom. The van der Waals surface area contributed by atoms with Crippen molar-refractivity contribution in [3.05, 3.63) is 53.3 Å². The molecule has 0 aliphatic rings. The van der Waals surface area contributed by atoms with E-state index in [1.165, 1.54) is 11.3 Å². The summed E-state index contributed by atoms with van der Waals surface area (Å²) < 4.78 is 1.92. The molecule has 3 heteroatoms. The lowest BCUT2D eigenvalue weighted by atomic mass is 10.0. The number of hydrogen-bond acceptors (Lipinski definition) is 2. The van der Waals surface area contributed by atoms with Gasteiger partial charge in [0.25, 0.3) is 0 Å². The van der Waals surface area contributed by atoms with Gasteiger partial charge in [-0.15, -0.1) is 0 Å². The van der Waals surface area contributed by atoms with E-state index in [-0.39, 0.29) is 6.04 Å². The van der Waals surface area contributed by atoms with Crippen molar-refractivity contribution in [3.8, 4) is 0 Å². The van der Waals surface area contributed by atoms with E-state index < -0.39 is 0 Å². The molecule has 0 radical (unpaired) electrons. The summed E-state index contributed by atoms with van der Waals surface area (Å²) in [5, 5.41) is 4.33. The minimum Gasteiger partial charge on any atom is -0.327 e. The second-order valence-electron chi connectivity index (χ2n) is 4.55. The fourth-order valence-corrected chi connectivity index (χ4v) is 2.11. The van der Waals surface area contributed by atoms with E-state index in [0.717, 1.165) is 18.5 Å². The monoisotopic (exact) mass is 229 g/mol. The molecular formula is C14H19N3. The fourth-order valence-electron chi connectivity index (χ4n) is 2.11. The quantitative estimate of drug-likeness (QED) is 0.869. The lowest BCUT2D eigenvalue weighted by molar-refractivity contribution is 0.612. The number of nitrogens with zero attached hydrogens (tertiary/aromatic N) is 2. The smallest absolute Gasteiger partial charge is 0.0596 e. The number of aryl methyl sites for hydroxylation is 2. The zero-order chi connectivity index (χ0) is 12.3. The molecule has 0 spiro atoms. The van der Waals surface area contributed by atoms with Crippen LogP contribution in [0, 0.1) is 6.92 Å². The molecule has 2 N–H and O–H groups in total. The Balaban J connectivity index is 1.98. The van der Waals surface area contributed by atoms with Crippen LogP contribution in [0.4, 0.5) is 0 Å². The molecule has 0 aliphatic heterocycles. The van der Waals surface area contributed by atoms with Gasteiger partial charge in [-0.3, -0.25) is 4.68 Å². The average Bonchev–Trinajstić information content (AvgIpc) is 2.58. The van der Waals surface area contributed by atoms with Crippen LogP contribution in [0.5, 0.6) is 0 Å². The lowest BCUT2D eigenvalue weighted by Gasteiger charge is -2.11. The Bertz CT molecular complexity index is 473. The third-order valence-corrected chi connectivity index (χ3v) is 2.91. The third kappa shape index (κ3) is 3.17. The standard InChI is InChI=1S/C14H19N3/c1-11-8-14(17(2)16-11)10-13(15)9-12-6-4-3-5-7-12/h3-8,13H,9-10,15H2,1-2H3. The highest BCUT2D eigenvalue weighted by atomic mass is 15.3. The molecule has 1 aromatic carbocycles. The highest BCUT2D eigenvalue weighted by Gasteiger charge is 2.09. The first-order valence-corrected chi connectivity index (χ1v) is 5.94. The Kier molecular flexibility index (Phi) is 3.59. The van der Waals surface area contributed by atoms with Gasteiger partial charge in [0, 0.05) is 25.2 Å². The molecule has 1 atom stereocenters.